The summed E-state index contributed by atoms with van der Waals surface area (Å²) < 4.78 is 5.89. The standard InChI is InChI=1S/C24H22N2O3/c25-12-11-22(26)20-9-4-8-19(14-20)18-7-3-5-17(13-18)16-29-23-10-2-1-6-21(23)15-24(27)28/h1-10,13-14,22H,11,15-16,26H2,(H,27,28)/t22-/m1/s1. The van der Waals surface area contributed by atoms with E-state index in [0.717, 1.165) is 22.3 Å². The molecular weight excluding hydrogens is 364 g/mol. The third-order valence-electron chi connectivity index (χ3n) is 4.59. The van der Waals surface area contributed by atoms with Gasteiger partial charge in [-0.05, 0) is 40.5 Å². The van der Waals surface area contributed by atoms with Gasteiger partial charge in [0.15, 0.2) is 0 Å². The van der Waals surface area contributed by atoms with Gasteiger partial charge in [-0.3, -0.25) is 4.79 Å². The molecule has 0 fully saturated rings. The molecule has 0 aromatic heterocycles. The highest BCUT2D eigenvalue weighted by atomic mass is 16.5. The van der Waals surface area contributed by atoms with Crippen molar-refractivity contribution in [3.8, 4) is 22.9 Å². The fourth-order valence-corrected chi connectivity index (χ4v) is 3.12. The molecule has 0 aliphatic heterocycles. The Kier molecular flexibility index (Phi) is 6.62. The summed E-state index contributed by atoms with van der Waals surface area (Å²) >= 11 is 0. The summed E-state index contributed by atoms with van der Waals surface area (Å²) in [6, 6.07) is 24.8. The van der Waals surface area contributed by atoms with Crippen molar-refractivity contribution in [1.29, 1.82) is 5.26 Å². The SMILES string of the molecule is N#CC[C@@H](N)c1cccc(-c2cccc(COc3ccccc3CC(=O)O)c2)c1. The first-order valence-electron chi connectivity index (χ1n) is 9.31. The molecular formula is C24H22N2O3. The lowest BCUT2D eigenvalue weighted by Gasteiger charge is -2.12. The number of benzene rings is 3. The van der Waals surface area contributed by atoms with Crippen molar-refractivity contribution >= 4 is 5.97 Å². The number of hydrogen-bond acceptors (Lipinski definition) is 4. The molecule has 0 aliphatic carbocycles. The van der Waals surface area contributed by atoms with Crippen LogP contribution >= 0.6 is 0 Å². The molecule has 5 nitrogen and oxygen atoms in total. The Labute approximate surface area is 170 Å². The second-order valence-corrected chi connectivity index (χ2v) is 6.76. The van der Waals surface area contributed by atoms with Crippen molar-refractivity contribution in [1.82, 2.24) is 0 Å². The Bertz CT molecular complexity index is 1040. The first kappa shape index (κ1) is 20.1. The molecule has 0 saturated heterocycles. The van der Waals surface area contributed by atoms with Crippen molar-refractivity contribution in [2.45, 2.75) is 25.5 Å². The molecule has 0 saturated carbocycles. The summed E-state index contributed by atoms with van der Waals surface area (Å²) in [6.45, 7) is 0.331. The van der Waals surface area contributed by atoms with Crippen LogP contribution in [0.25, 0.3) is 11.1 Å². The van der Waals surface area contributed by atoms with Gasteiger partial charge in [-0.2, -0.15) is 5.26 Å². The predicted octanol–water partition coefficient (Wildman–Crippen LogP) is 4.47. The first-order chi connectivity index (χ1) is 14.1. The van der Waals surface area contributed by atoms with Crippen LogP contribution in [-0.4, -0.2) is 11.1 Å². The topological polar surface area (TPSA) is 96.3 Å². The van der Waals surface area contributed by atoms with Gasteiger partial charge in [-0.1, -0.05) is 54.6 Å². The normalized spacial score (nSPS) is 11.4. The largest absolute Gasteiger partial charge is 0.489 e. The number of para-hydroxylation sites is 1. The van der Waals surface area contributed by atoms with Crippen LogP contribution in [0.3, 0.4) is 0 Å². The molecule has 0 unspecified atom stereocenters. The van der Waals surface area contributed by atoms with Crippen molar-refractivity contribution < 1.29 is 14.6 Å². The van der Waals surface area contributed by atoms with Gasteiger partial charge < -0.3 is 15.6 Å². The third-order valence-corrected chi connectivity index (χ3v) is 4.59. The number of nitrogens with zero attached hydrogens (tertiary/aromatic N) is 1. The van der Waals surface area contributed by atoms with E-state index in [1.165, 1.54) is 0 Å². The van der Waals surface area contributed by atoms with Crippen LogP contribution in [0.5, 0.6) is 5.75 Å². The van der Waals surface area contributed by atoms with Crippen LogP contribution in [0, 0.1) is 11.3 Å². The van der Waals surface area contributed by atoms with Gasteiger partial charge in [0.05, 0.1) is 18.9 Å². The molecule has 5 heteroatoms. The molecule has 3 aromatic carbocycles. The predicted molar refractivity (Wildman–Crippen MR) is 111 cm³/mol. The fourth-order valence-electron chi connectivity index (χ4n) is 3.12. The van der Waals surface area contributed by atoms with Crippen LogP contribution < -0.4 is 10.5 Å². The van der Waals surface area contributed by atoms with Crippen molar-refractivity contribution in [2.75, 3.05) is 0 Å². The first-order valence-corrected chi connectivity index (χ1v) is 9.31. The van der Waals surface area contributed by atoms with Gasteiger partial charge in [0.25, 0.3) is 0 Å². The molecule has 3 rings (SSSR count). The number of aliphatic carboxylic acids is 1. The fraction of sp³-hybridized carbons (Fsp3) is 0.167. The maximum absolute atomic E-state index is 11.0. The van der Waals surface area contributed by atoms with E-state index in [9.17, 15) is 4.79 Å². The lowest BCUT2D eigenvalue weighted by atomic mass is 9.98. The average molecular weight is 386 g/mol. The van der Waals surface area contributed by atoms with Gasteiger partial charge in [0.2, 0.25) is 0 Å². The van der Waals surface area contributed by atoms with E-state index in [4.69, 9.17) is 20.8 Å². The van der Waals surface area contributed by atoms with E-state index < -0.39 is 5.97 Å². The van der Waals surface area contributed by atoms with Crippen LogP contribution in [0.15, 0.2) is 72.8 Å². The highest BCUT2D eigenvalue weighted by molar-refractivity contribution is 5.71. The Hall–Kier alpha value is -3.62. The Morgan fingerprint density at radius 2 is 1.76 bits per heavy atom. The molecule has 3 N–H and O–H groups in total. The molecule has 1 atom stereocenters. The number of nitrogens with two attached hydrogens (primary N) is 1. The summed E-state index contributed by atoms with van der Waals surface area (Å²) in [4.78, 5) is 11.0. The van der Waals surface area contributed by atoms with Crippen LogP contribution in [0.1, 0.15) is 29.2 Å². The molecule has 0 amide bonds. The highest BCUT2D eigenvalue weighted by Crippen LogP contribution is 2.26. The molecule has 146 valence electrons. The van der Waals surface area contributed by atoms with Crippen LogP contribution in [0.4, 0.5) is 0 Å². The number of carboxylic acids is 1. The third kappa shape index (κ3) is 5.44. The minimum absolute atomic E-state index is 0.0774. The van der Waals surface area contributed by atoms with Crippen molar-refractivity contribution in [2.24, 2.45) is 5.73 Å². The number of carbonyl (C=O) groups is 1. The molecule has 0 spiro atoms. The molecule has 3 aromatic rings. The summed E-state index contributed by atoms with van der Waals surface area (Å²) in [5.41, 5.74) is 10.6. The average Bonchev–Trinajstić information content (AvgIpc) is 2.73. The molecule has 0 radical (unpaired) electrons. The van der Waals surface area contributed by atoms with E-state index in [-0.39, 0.29) is 18.9 Å². The lowest BCUT2D eigenvalue weighted by Crippen LogP contribution is -2.09. The van der Waals surface area contributed by atoms with E-state index in [1.54, 1.807) is 18.2 Å². The second-order valence-electron chi connectivity index (χ2n) is 6.76. The van der Waals surface area contributed by atoms with E-state index in [1.807, 2.05) is 54.6 Å². The number of hydrogen-bond donors (Lipinski definition) is 2. The van der Waals surface area contributed by atoms with Gasteiger partial charge in [0, 0.05) is 11.6 Å². The van der Waals surface area contributed by atoms with Crippen LogP contribution in [0.2, 0.25) is 0 Å². The maximum atomic E-state index is 11.0. The van der Waals surface area contributed by atoms with E-state index in [0.29, 0.717) is 17.9 Å². The number of rotatable bonds is 8. The summed E-state index contributed by atoms with van der Waals surface area (Å²) in [7, 11) is 0. The smallest absolute Gasteiger partial charge is 0.307 e. The number of nitriles is 1. The van der Waals surface area contributed by atoms with Gasteiger partial charge in [-0.25, -0.2) is 0 Å². The minimum atomic E-state index is -0.891. The number of carboxylic acid groups (broad SMARTS) is 1. The maximum Gasteiger partial charge on any atom is 0.307 e. The van der Waals surface area contributed by atoms with Gasteiger partial charge in [0.1, 0.15) is 12.4 Å². The quantitative estimate of drug-likeness (QED) is 0.595. The molecule has 0 bridgehead atoms. The van der Waals surface area contributed by atoms with Crippen molar-refractivity contribution in [3.05, 3.63) is 89.5 Å². The molecule has 29 heavy (non-hydrogen) atoms. The summed E-state index contributed by atoms with van der Waals surface area (Å²) in [5, 5.41) is 17.9. The zero-order chi connectivity index (χ0) is 20.6. The second kappa shape index (κ2) is 9.54. The number of ether oxygens (including phenoxy) is 1. The van der Waals surface area contributed by atoms with Crippen molar-refractivity contribution in [3.63, 3.8) is 0 Å². The van der Waals surface area contributed by atoms with E-state index in [2.05, 4.69) is 6.07 Å². The Balaban J connectivity index is 1.77. The Morgan fingerprint density at radius 3 is 2.52 bits per heavy atom. The van der Waals surface area contributed by atoms with E-state index >= 15 is 0 Å². The summed E-state index contributed by atoms with van der Waals surface area (Å²) in [5.74, 6) is -0.317. The minimum Gasteiger partial charge on any atom is -0.489 e. The van der Waals surface area contributed by atoms with Gasteiger partial charge in [-0.15, -0.1) is 0 Å². The lowest BCUT2D eigenvalue weighted by molar-refractivity contribution is -0.136. The molecule has 0 aliphatic rings. The molecule has 0 heterocycles. The highest BCUT2D eigenvalue weighted by Gasteiger charge is 2.09. The Morgan fingerprint density at radius 1 is 1.03 bits per heavy atom. The monoisotopic (exact) mass is 386 g/mol. The summed E-state index contributed by atoms with van der Waals surface area (Å²) in [6.07, 6.45) is 0.193. The van der Waals surface area contributed by atoms with Crippen LogP contribution in [-0.2, 0) is 17.8 Å². The zero-order valence-electron chi connectivity index (χ0n) is 15.9. The zero-order valence-corrected chi connectivity index (χ0v) is 15.9. The van der Waals surface area contributed by atoms with Gasteiger partial charge >= 0.3 is 5.97 Å².